The van der Waals surface area contributed by atoms with Crippen molar-refractivity contribution in [2.24, 2.45) is 5.92 Å². The zero-order chi connectivity index (χ0) is 29.3. The van der Waals surface area contributed by atoms with Gasteiger partial charge in [-0.3, -0.25) is 9.59 Å². The van der Waals surface area contributed by atoms with E-state index in [2.05, 4.69) is 36.4 Å². The second-order valence-corrected chi connectivity index (χ2v) is 13.5. The maximum atomic E-state index is 15.0. The third kappa shape index (κ3) is 6.32. The number of carbonyl (C=O) groups is 2. The monoisotopic (exact) mass is 576 g/mol. The summed E-state index contributed by atoms with van der Waals surface area (Å²) in [5, 5.41) is 7.26. The standard InChI is InChI=1S/C33H41FN4O2S/c1-20-10-8-14-26(34)27(20)31(40)38-19-9-13-25(30(39)37-32-35-21(2)29(41-32)33(3,4)5)28(38)22-15-17-24(18-16-22)36-23-11-6-7-12-23/h8,10,14-18,23,25,28,36H,6-7,9,11-13,19H2,1-5H3,(H,35,37,39). The number of hydrogen-bond donors (Lipinski definition) is 2. The van der Waals surface area contributed by atoms with Crippen LogP contribution in [-0.4, -0.2) is 34.3 Å². The van der Waals surface area contributed by atoms with Crippen LogP contribution in [0.5, 0.6) is 0 Å². The highest BCUT2D eigenvalue weighted by atomic mass is 32.1. The molecule has 0 spiro atoms. The van der Waals surface area contributed by atoms with Crippen LogP contribution in [0.3, 0.4) is 0 Å². The number of piperidine rings is 1. The van der Waals surface area contributed by atoms with Crippen LogP contribution in [0.4, 0.5) is 15.2 Å². The minimum Gasteiger partial charge on any atom is -0.382 e. The van der Waals surface area contributed by atoms with Crippen molar-refractivity contribution >= 4 is 34.0 Å². The maximum absolute atomic E-state index is 15.0. The summed E-state index contributed by atoms with van der Waals surface area (Å²) in [4.78, 5) is 35.3. The fourth-order valence-corrected chi connectivity index (χ4v) is 7.41. The van der Waals surface area contributed by atoms with Gasteiger partial charge in [0.25, 0.3) is 5.91 Å². The van der Waals surface area contributed by atoms with E-state index < -0.39 is 17.8 Å². The van der Waals surface area contributed by atoms with Gasteiger partial charge in [-0.2, -0.15) is 0 Å². The molecule has 8 heteroatoms. The number of aromatic nitrogens is 1. The molecular weight excluding hydrogens is 535 g/mol. The first kappa shape index (κ1) is 29.2. The van der Waals surface area contributed by atoms with Crippen molar-refractivity contribution in [3.8, 4) is 0 Å². The van der Waals surface area contributed by atoms with E-state index >= 15 is 0 Å². The molecular formula is C33H41FN4O2S. The second kappa shape index (κ2) is 11.9. The molecule has 3 aromatic rings. The highest BCUT2D eigenvalue weighted by molar-refractivity contribution is 7.16. The van der Waals surface area contributed by atoms with Gasteiger partial charge in [0.2, 0.25) is 5.91 Å². The van der Waals surface area contributed by atoms with Crippen molar-refractivity contribution in [1.29, 1.82) is 0 Å². The molecule has 2 atom stereocenters. The van der Waals surface area contributed by atoms with Gasteiger partial charge in [0.05, 0.1) is 23.2 Å². The van der Waals surface area contributed by atoms with Crippen LogP contribution in [0, 0.1) is 25.6 Å². The molecule has 6 nitrogen and oxygen atoms in total. The summed E-state index contributed by atoms with van der Waals surface area (Å²) in [5.41, 5.74) is 3.40. The molecule has 41 heavy (non-hydrogen) atoms. The molecule has 5 rings (SSSR count). The molecule has 2 aromatic carbocycles. The van der Waals surface area contributed by atoms with Gasteiger partial charge in [0.1, 0.15) is 5.82 Å². The molecule has 1 saturated heterocycles. The van der Waals surface area contributed by atoms with Crippen molar-refractivity contribution in [3.05, 3.63) is 75.5 Å². The third-order valence-electron chi connectivity index (χ3n) is 8.35. The Morgan fingerprint density at radius 3 is 2.34 bits per heavy atom. The average Bonchev–Trinajstić information content (AvgIpc) is 3.57. The van der Waals surface area contributed by atoms with E-state index in [4.69, 9.17) is 0 Å². The summed E-state index contributed by atoms with van der Waals surface area (Å²) in [6.07, 6.45) is 6.11. The Hall–Kier alpha value is -3.26. The lowest BCUT2D eigenvalue weighted by Crippen LogP contribution is -2.46. The lowest BCUT2D eigenvalue weighted by Gasteiger charge is -2.41. The van der Waals surface area contributed by atoms with Gasteiger partial charge in [-0.05, 0) is 74.3 Å². The minimum absolute atomic E-state index is 0.0726. The SMILES string of the molecule is Cc1cccc(F)c1C(=O)N1CCCC(C(=O)Nc2nc(C)c(C(C)(C)C)s2)C1c1ccc(NC2CCCC2)cc1. The lowest BCUT2D eigenvalue weighted by molar-refractivity contribution is -0.123. The molecule has 1 aliphatic heterocycles. The molecule has 1 saturated carbocycles. The second-order valence-electron chi connectivity index (χ2n) is 12.5. The number of carbonyl (C=O) groups excluding carboxylic acids is 2. The Bertz CT molecular complexity index is 1390. The molecule has 2 amide bonds. The molecule has 2 fully saturated rings. The average molecular weight is 577 g/mol. The Morgan fingerprint density at radius 1 is 1.00 bits per heavy atom. The van der Waals surface area contributed by atoms with Gasteiger partial charge in [0, 0.05) is 23.2 Å². The first-order valence-corrected chi connectivity index (χ1v) is 15.6. The molecule has 2 aliphatic rings. The van der Waals surface area contributed by atoms with E-state index in [0.717, 1.165) is 21.8 Å². The van der Waals surface area contributed by atoms with Crippen molar-refractivity contribution in [1.82, 2.24) is 9.88 Å². The Kier molecular flexibility index (Phi) is 8.50. The predicted octanol–water partition coefficient (Wildman–Crippen LogP) is 7.78. The summed E-state index contributed by atoms with van der Waals surface area (Å²) in [7, 11) is 0. The quantitative estimate of drug-likeness (QED) is 0.314. The van der Waals surface area contributed by atoms with Gasteiger partial charge < -0.3 is 15.5 Å². The summed E-state index contributed by atoms with van der Waals surface area (Å²) < 4.78 is 15.0. The van der Waals surface area contributed by atoms with E-state index in [0.29, 0.717) is 36.1 Å². The van der Waals surface area contributed by atoms with E-state index in [9.17, 15) is 14.0 Å². The summed E-state index contributed by atoms with van der Waals surface area (Å²) in [6.45, 7) is 10.6. The summed E-state index contributed by atoms with van der Waals surface area (Å²) in [6, 6.07) is 12.7. The van der Waals surface area contributed by atoms with Crippen LogP contribution in [0.1, 0.15) is 97.4 Å². The zero-order valence-electron chi connectivity index (χ0n) is 24.7. The normalized spacial score (nSPS) is 19.8. The van der Waals surface area contributed by atoms with Gasteiger partial charge in [-0.1, -0.05) is 57.9 Å². The smallest absolute Gasteiger partial charge is 0.257 e. The number of benzene rings is 2. The van der Waals surface area contributed by atoms with Gasteiger partial charge in [0.15, 0.2) is 5.13 Å². The van der Waals surface area contributed by atoms with Crippen LogP contribution in [-0.2, 0) is 10.2 Å². The van der Waals surface area contributed by atoms with Crippen molar-refractivity contribution in [2.75, 3.05) is 17.2 Å². The van der Waals surface area contributed by atoms with E-state index in [1.165, 1.54) is 43.1 Å². The molecule has 2 N–H and O–H groups in total. The topological polar surface area (TPSA) is 74.3 Å². The van der Waals surface area contributed by atoms with Gasteiger partial charge in [-0.15, -0.1) is 11.3 Å². The van der Waals surface area contributed by atoms with Crippen LogP contribution in [0.15, 0.2) is 42.5 Å². The molecule has 2 unspecified atom stereocenters. The Labute approximate surface area is 246 Å². The number of likely N-dealkylation sites (tertiary alicyclic amines) is 1. The number of aryl methyl sites for hydroxylation is 2. The molecule has 1 aromatic heterocycles. The zero-order valence-corrected chi connectivity index (χ0v) is 25.5. The van der Waals surface area contributed by atoms with Gasteiger partial charge in [-0.25, -0.2) is 9.37 Å². The fraction of sp³-hybridized carbons (Fsp3) is 0.485. The van der Waals surface area contributed by atoms with Crippen LogP contribution < -0.4 is 10.6 Å². The highest BCUT2D eigenvalue weighted by Crippen LogP contribution is 2.40. The number of anilines is 2. The lowest BCUT2D eigenvalue weighted by atomic mass is 9.83. The van der Waals surface area contributed by atoms with Crippen LogP contribution in [0.2, 0.25) is 0 Å². The van der Waals surface area contributed by atoms with Crippen molar-refractivity contribution in [2.45, 2.75) is 90.6 Å². The highest BCUT2D eigenvalue weighted by Gasteiger charge is 2.41. The summed E-state index contributed by atoms with van der Waals surface area (Å²) >= 11 is 1.50. The largest absolute Gasteiger partial charge is 0.382 e. The van der Waals surface area contributed by atoms with E-state index in [1.54, 1.807) is 24.0 Å². The fourth-order valence-electron chi connectivity index (χ4n) is 6.38. The third-order valence-corrected chi connectivity index (χ3v) is 9.85. The molecule has 2 heterocycles. The Morgan fingerprint density at radius 2 is 1.71 bits per heavy atom. The number of nitrogens with one attached hydrogen (secondary N) is 2. The molecule has 0 bridgehead atoms. The number of rotatable bonds is 6. The summed E-state index contributed by atoms with van der Waals surface area (Å²) in [5.74, 6) is -1.59. The first-order chi connectivity index (χ1) is 19.5. The number of hydrogen-bond acceptors (Lipinski definition) is 5. The molecule has 0 radical (unpaired) electrons. The number of nitrogens with zero attached hydrogens (tertiary/aromatic N) is 2. The Balaban J connectivity index is 1.47. The first-order valence-electron chi connectivity index (χ1n) is 14.7. The molecule has 218 valence electrons. The number of thiazole rings is 1. The van der Waals surface area contributed by atoms with Crippen molar-refractivity contribution < 1.29 is 14.0 Å². The van der Waals surface area contributed by atoms with E-state index in [1.807, 2.05) is 31.2 Å². The molecule has 1 aliphatic carbocycles. The number of amides is 2. The van der Waals surface area contributed by atoms with E-state index in [-0.39, 0.29) is 22.8 Å². The number of halogens is 1. The van der Waals surface area contributed by atoms with Crippen molar-refractivity contribution in [3.63, 3.8) is 0 Å². The van der Waals surface area contributed by atoms with Gasteiger partial charge >= 0.3 is 0 Å². The minimum atomic E-state index is -0.538. The van der Waals surface area contributed by atoms with Crippen LogP contribution in [0.25, 0.3) is 0 Å². The van der Waals surface area contributed by atoms with Crippen LogP contribution >= 0.6 is 11.3 Å². The predicted molar refractivity (Wildman–Crippen MR) is 164 cm³/mol. The maximum Gasteiger partial charge on any atom is 0.257 e.